The van der Waals surface area contributed by atoms with Crippen LogP contribution in [0.5, 0.6) is 0 Å². The van der Waals surface area contributed by atoms with Gasteiger partial charge in [-0.2, -0.15) is 0 Å². The smallest absolute Gasteiger partial charge is 0.338 e. The van der Waals surface area contributed by atoms with Crippen molar-refractivity contribution in [1.82, 2.24) is 4.98 Å². The number of hydrogen-bond acceptors (Lipinski definition) is 7. The second kappa shape index (κ2) is 12.1. The predicted octanol–water partition coefficient (Wildman–Crippen LogP) is 3.77. The van der Waals surface area contributed by atoms with Gasteiger partial charge in [-0.3, -0.25) is 0 Å². The third kappa shape index (κ3) is 7.41. The number of nitrogens with zero attached hydrogens (tertiary/aromatic N) is 3. The summed E-state index contributed by atoms with van der Waals surface area (Å²) in [5, 5.41) is 0.650. The minimum atomic E-state index is -4.24. The van der Waals surface area contributed by atoms with Gasteiger partial charge in [-0.25, -0.2) is 22.8 Å². The topological polar surface area (TPSA) is 104 Å². The summed E-state index contributed by atoms with van der Waals surface area (Å²) in [6.45, 7) is 2.39. The Morgan fingerprint density at radius 1 is 1.00 bits per heavy atom. The molecule has 0 unspecified atom stereocenters. The fourth-order valence-electron chi connectivity index (χ4n) is 4.02. The zero-order valence-corrected chi connectivity index (χ0v) is 22.9. The van der Waals surface area contributed by atoms with Gasteiger partial charge in [0, 0.05) is 66.2 Å². The van der Waals surface area contributed by atoms with Gasteiger partial charge in [-0.1, -0.05) is 11.8 Å². The summed E-state index contributed by atoms with van der Waals surface area (Å²) in [6, 6.07) is 18.9. The van der Waals surface area contributed by atoms with Gasteiger partial charge in [0.05, 0.1) is 33.5 Å². The van der Waals surface area contributed by atoms with Crippen molar-refractivity contribution in [2.45, 2.75) is 19.9 Å². The van der Waals surface area contributed by atoms with Gasteiger partial charge in [0.25, 0.3) is 0 Å². The molecule has 39 heavy (non-hydrogen) atoms. The van der Waals surface area contributed by atoms with Crippen LogP contribution in [0.2, 0.25) is 0 Å². The van der Waals surface area contributed by atoms with Crippen LogP contribution in [-0.2, 0) is 21.4 Å². The third-order valence-corrected chi connectivity index (χ3v) is 6.83. The van der Waals surface area contributed by atoms with E-state index in [0.717, 1.165) is 22.4 Å². The maximum absolute atomic E-state index is 12.9. The number of hydrogen-bond donors (Lipinski definition) is 0. The van der Waals surface area contributed by atoms with Gasteiger partial charge in [-0.15, -0.1) is 0 Å². The number of ether oxygens (including phenoxy) is 1. The van der Waals surface area contributed by atoms with Crippen molar-refractivity contribution in [3.8, 4) is 23.1 Å². The zero-order valence-electron chi connectivity index (χ0n) is 22.0. The number of pyridine rings is 2. The molecule has 4 aromatic rings. The third-order valence-electron chi connectivity index (χ3n) is 6.04. The molecule has 0 atom stereocenters. The molecule has 0 fully saturated rings. The van der Waals surface area contributed by atoms with Crippen molar-refractivity contribution in [2.24, 2.45) is 0 Å². The summed E-state index contributed by atoms with van der Waals surface area (Å²) in [4.78, 5) is 19.7. The van der Waals surface area contributed by atoms with E-state index >= 15 is 0 Å². The molecule has 0 N–H and O–H groups in total. The van der Waals surface area contributed by atoms with Crippen molar-refractivity contribution in [3.05, 3.63) is 89.7 Å². The number of anilines is 1. The van der Waals surface area contributed by atoms with Crippen molar-refractivity contribution < 1.29 is 27.1 Å². The van der Waals surface area contributed by atoms with Crippen LogP contribution >= 0.6 is 0 Å². The normalized spacial score (nSPS) is 11.1. The fourth-order valence-corrected chi connectivity index (χ4v) is 4.50. The highest BCUT2D eigenvalue weighted by molar-refractivity contribution is 7.85. The van der Waals surface area contributed by atoms with Gasteiger partial charge < -0.3 is 14.2 Å². The minimum absolute atomic E-state index is 0.226. The van der Waals surface area contributed by atoms with Gasteiger partial charge in [-0.05, 0) is 55.5 Å². The first kappa shape index (κ1) is 27.8. The molecule has 200 valence electrons. The molecule has 0 aliphatic heterocycles. The number of aromatic nitrogens is 2. The molecule has 0 radical (unpaired) electrons. The van der Waals surface area contributed by atoms with E-state index in [1.165, 1.54) is 0 Å². The van der Waals surface area contributed by atoms with Gasteiger partial charge in [0.15, 0.2) is 12.4 Å². The van der Waals surface area contributed by atoms with E-state index in [2.05, 4.69) is 11.8 Å². The van der Waals surface area contributed by atoms with Crippen LogP contribution in [0.4, 0.5) is 5.69 Å². The van der Waals surface area contributed by atoms with Crippen LogP contribution in [0.25, 0.3) is 22.2 Å². The highest BCUT2D eigenvalue weighted by Gasteiger charge is 2.16. The molecule has 8 nitrogen and oxygen atoms in total. The number of fused-ring (bicyclic) bond motifs is 1. The first-order valence-electron chi connectivity index (χ1n) is 12.5. The van der Waals surface area contributed by atoms with Crippen LogP contribution in [0, 0.1) is 11.8 Å². The molecule has 2 heterocycles. The quantitative estimate of drug-likeness (QED) is 0.144. The first-order valence-corrected chi connectivity index (χ1v) is 14.0. The van der Waals surface area contributed by atoms with Crippen LogP contribution in [0.1, 0.15) is 34.8 Å². The fraction of sp³-hybridized carbons (Fsp3) is 0.233. The lowest BCUT2D eigenvalue weighted by Gasteiger charge is -2.11. The summed E-state index contributed by atoms with van der Waals surface area (Å²) in [6.07, 6.45) is 3.79. The Morgan fingerprint density at radius 2 is 1.67 bits per heavy atom. The number of rotatable bonds is 8. The molecule has 2 aromatic carbocycles. The molecule has 0 spiro atoms. The SMILES string of the molecule is CCOC(=O)c1cc(-c2cc[n+](CCCS(=O)(=O)[O-])cc2)nc2ccc(C#Cc3ccc(N(C)C)cc3)cc12. The van der Waals surface area contributed by atoms with E-state index < -0.39 is 21.8 Å². The molecular weight excluding hydrogens is 514 g/mol. The Labute approximate surface area is 228 Å². The molecule has 2 aromatic heterocycles. The molecule has 0 saturated carbocycles. The lowest BCUT2D eigenvalue weighted by molar-refractivity contribution is -0.696. The molecule has 0 saturated heterocycles. The number of aryl methyl sites for hydroxylation is 1. The Balaban J connectivity index is 1.65. The van der Waals surface area contributed by atoms with E-state index in [1.54, 1.807) is 30.0 Å². The molecular formula is C30H29N3O5S. The molecule has 0 aliphatic rings. The van der Waals surface area contributed by atoms with Gasteiger partial charge in [0.1, 0.15) is 6.54 Å². The van der Waals surface area contributed by atoms with Crippen LogP contribution in [-0.4, -0.2) is 50.4 Å². The predicted molar refractivity (Wildman–Crippen MR) is 149 cm³/mol. The molecule has 9 heteroatoms. The summed E-state index contributed by atoms with van der Waals surface area (Å²) in [5.41, 5.74) is 5.13. The van der Waals surface area contributed by atoms with E-state index in [4.69, 9.17) is 9.72 Å². The van der Waals surface area contributed by atoms with Gasteiger partial charge in [0.2, 0.25) is 0 Å². The molecule has 0 amide bonds. The Bertz CT molecular complexity index is 1650. The van der Waals surface area contributed by atoms with E-state index in [1.807, 2.05) is 73.6 Å². The lowest BCUT2D eigenvalue weighted by atomic mass is 10.0. The lowest BCUT2D eigenvalue weighted by Crippen LogP contribution is -2.33. The van der Waals surface area contributed by atoms with Crippen LogP contribution < -0.4 is 9.47 Å². The summed E-state index contributed by atoms with van der Waals surface area (Å²) in [7, 11) is -0.265. The highest BCUT2D eigenvalue weighted by atomic mass is 32.2. The summed E-state index contributed by atoms with van der Waals surface area (Å²) >= 11 is 0. The minimum Gasteiger partial charge on any atom is -0.748 e. The van der Waals surface area contributed by atoms with Crippen molar-refractivity contribution >= 4 is 32.7 Å². The second-order valence-corrected chi connectivity index (χ2v) is 10.7. The van der Waals surface area contributed by atoms with Crippen molar-refractivity contribution in [2.75, 3.05) is 31.4 Å². The van der Waals surface area contributed by atoms with E-state index in [9.17, 15) is 17.8 Å². The van der Waals surface area contributed by atoms with Crippen LogP contribution in [0.3, 0.4) is 0 Å². The first-order chi connectivity index (χ1) is 18.6. The molecule has 0 bridgehead atoms. The Kier molecular flexibility index (Phi) is 8.59. The maximum Gasteiger partial charge on any atom is 0.338 e. The Morgan fingerprint density at radius 3 is 2.31 bits per heavy atom. The van der Waals surface area contributed by atoms with E-state index in [-0.39, 0.29) is 13.0 Å². The average Bonchev–Trinajstić information content (AvgIpc) is 2.91. The Hall–Kier alpha value is -4.26. The number of esters is 1. The van der Waals surface area contributed by atoms with Crippen molar-refractivity contribution in [3.63, 3.8) is 0 Å². The van der Waals surface area contributed by atoms with Crippen molar-refractivity contribution in [1.29, 1.82) is 0 Å². The monoisotopic (exact) mass is 543 g/mol. The number of carbonyl (C=O) groups excluding carboxylic acids is 1. The number of benzene rings is 2. The second-order valence-electron chi connectivity index (χ2n) is 9.14. The standard InChI is InChI=1S/C30H29N3O5S/c1-4-38-30(34)27-21-29(24-14-17-33(18-15-24)16-5-19-39(35,36)37)31-28-13-10-23(20-26(27)28)7-6-22-8-11-25(12-9-22)32(2)3/h8-15,17-18,20-21H,4-5,16,19H2,1-3H3. The highest BCUT2D eigenvalue weighted by Crippen LogP contribution is 2.26. The number of carbonyl (C=O) groups is 1. The zero-order chi connectivity index (χ0) is 28.0. The maximum atomic E-state index is 12.9. The van der Waals surface area contributed by atoms with Gasteiger partial charge >= 0.3 is 5.97 Å². The average molecular weight is 544 g/mol. The summed E-state index contributed by atoms with van der Waals surface area (Å²) < 4.78 is 39.6. The molecule has 0 aliphatic carbocycles. The van der Waals surface area contributed by atoms with Crippen LogP contribution in [0.15, 0.2) is 73.1 Å². The molecule has 4 rings (SSSR count). The summed E-state index contributed by atoms with van der Waals surface area (Å²) in [5.74, 6) is 5.49. The van der Waals surface area contributed by atoms with E-state index in [0.29, 0.717) is 28.7 Å². The largest absolute Gasteiger partial charge is 0.748 e.